The Balaban J connectivity index is 1.79. The Hall–Kier alpha value is -1.50. The van der Waals surface area contributed by atoms with Crippen molar-refractivity contribution in [2.75, 3.05) is 11.1 Å². The van der Waals surface area contributed by atoms with Crippen LogP contribution in [0.5, 0.6) is 0 Å². The summed E-state index contributed by atoms with van der Waals surface area (Å²) < 4.78 is 5.94. The minimum atomic E-state index is -0.844. The summed E-state index contributed by atoms with van der Waals surface area (Å²) >= 11 is 8.79. The number of halogens is 1. The lowest BCUT2D eigenvalue weighted by Gasteiger charge is -2.16. The highest BCUT2D eigenvalue weighted by Crippen LogP contribution is 2.25. The summed E-state index contributed by atoms with van der Waals surface area (Å²) in [5.41, 5.74) is 2.70. The molecule has 2 aromatic rings. The van der Waals surface area contributed by atoms with Crippen LogP contribution in [-0.4, -0.2) is 23.7 Å². The van der Waals surface area contributed by atoms with E-state index in [0.717, 1.165) is 26.0 Å². The first-order valence-electron chi connectivity index (χ1n) is 7.75. The second kappa shape index (κ2) is 9.27. The van der Waals surface area contributed by atoms with E-state index in [9.17, 15) is 9.59 Å². The van der Waals surface area contributed by atoms with Crippen LogP contribution in [0.25, 0.3) is 0 Å². The molecule has 0 aliphatic carbocycles. The molecule has 0 radical (unpaired) electrons. The maximum atomic E-state index is 12.2. The van der Waals surface area contributed by atoms with Crippen molar-refractivity contribution in [2.24, 2.45) is 0 Å². The molecule has 134 valence electrons. The molecular formula is C18H20ClNO3S2. The molecule has 1 aromatic heterocycles. The molecule has 0 aliphatic rings. The van der Waals surface area contributed by atoms with Gasteiger partial charge in [-0.2, -0.15) is 0 Å². The van der Waals surface area contributed by atoms with Gasteiger partial charge in [0.15, 0.2) is 6.10 Å². The molecule has 1 aromatic carbocycles. The topological polar surface area (TPSA) is 55.4 Å². The van der Waals surface area contributed by atoms with Crippen LogP contribution in [0, 0.1) is 13.8 Å². The van der Waals surface area contributed by atoms with Gasteiger partial charge >= 0.3 is 5.97 Å². The Kier molecular flexibility index (Phi) is 7.35. The maximum absolute atomic E-state index is 12.2. The molecule has 0 saturated carbocycles. The summed E-state index contributed by atoms with van der Waals surface area (Å²) in [5, 5.41) is 2.83. The molecular weight excluding hydrogens is 378 g/mol. The van der Waals surface area contributed by atoms with Crippen molar-refractivity contribution in [2.45, 2.75) is 32.6 Å². The number of hydrogen-bond acceptors (Lipinski definition) is 5. The van der Waals surface area contributed by atoms with E-state index in [4.69, 9.17) is 16.3 Å². The van der Waals surface area contributed by atoms with E-state index in [1.165, 1.54) is 23.1 Å². The minimum absolute atomic E-state index is 0.191. The Bertz CT molecular complexity index is 740. The molecule has 1 N–H and O–H groups in total. The van der Waals surface area contributed by atoms with Crippen LogP contribution < -0.4 is 5.32 Å². The Morgan fingerprint density at radius 3 is 2.52 bits per heavy atom. The number of carbonyl (C=O) groups is 2. The third kappa shape index (κ3) is 6.06. The molecule has 1 atom stereocenters. The average molecular weight is 398 g/mol. The number of thiophene rings is 1. The van der Waals surface area contributed by atoms with Crippen molar-refractivity contribution in [3.63, 3.8) is 0 Å². The fraction of sp³-hybridized carbons (Fsp3) is 0.333. The third-order valence-corrected chi connectivity index (χ3v) is 5.87. The van der Waals surface area contributed by atoms with E-state index < -0.39 is 12.1 Å². The van der Waals surface area contributed by atoms with Gasteiger partial charge in [-0.15, -0.1) is 23.1 Å². The molecule has 0 unspecified atom stereocenters. The first-order valence-corrected chi connectivity index (χ1v) is 10.1. The predicted molar refractivity (Wildman–Crippen MR) is 106 cm³/mol. The summed E-state index contributed by atoms with van der Waals surface area (Å²) in [4.78, 5) is 25.2. The molecule has 0 fully saturated rings. The van der Waals surface area contributed by atoms with Gasteiger partial charge in [0.05, 0.1) is 10.1 Å². The van der Waals surface area contributed by atoms with Gasteiger partial charge in [-0.25, -0.2) is 0 Å². The van der Waals surface area contributed by atoms with E-state index >= 15 is 0 Å². The van der Waals surface area contributed by atoms with Crippen LogP contribution in [0.3, 0.4) is 0 Å². The first kappa shape index (κ1) is 19.8. The quantitative estimate of drug-likeness (QED) is 0.680. The van der Waals surface area contributed by atoms with E-state index in [1.54, 1.807) is 6.92 Å². The number of benzene rings is 1. The SMILES string of the molecule is Cc1cccc(C)c1NC(=O)[C@H](C)OC(=O)CSCc1ccc(Cl)s1. The van der Waals surface area contributed by atoms with E-state index in [2.05, 4.69) is 5.32 Å². The average Bonchev–Trinajstić information content (AvgIpc) is 2.96. The second-order valence-corrected chi connectivity index (χ2v) is 8.37. The number of ether oxygens (including phenoxy) is 1. The highest BCUT2D eigenvalue weighted by Gasteiger charge is 2.19. The highest BCUT2D eigenvalue weighted by molar-refractivity contribution is 7.99. The lowest BCUT2D eigenvalue weighted by Crippen LogP contribution is -2.31. The fourth-order valence-corrected chi connectivity index (χ4v) is 4.19. The Morgan fingerprint density at radius 2 is 1.92 bits per heavy atom. The van der Waals surface area contributed by atoms with Gasteiger partial charge in [-0.1, -0.05) is 29.8 Å². The first-order chi connectivity index (χ1) is 11.9. The fourth-order valence-electron chi connectivity index (χ4n) is 2.19. The van der Waals surface area contributed by atoms with E-state index in [-0.39, 0.29) is 11.7 Å². The molecule has 4 nitrogen and oxygen atoms in total. The van der Waals surface area contributed by atoms with Gasteiger partial charge in [0.1, 0.15) is 0 Å². The van der Waals surface area contributed by atoms with E-state index in [1.807, 2.05) is 44.2 Å². The molecule has 0 saturated heterocycles. The normalized spacial score (nSPS) is 11.8. The van der Waals surface area contributed by atoms with E-state index in [0.29, 0.717) is 5.75 Å². The third-order valence-electron chi connectivity index (χ3n) is 3.50. The largest absolute Gasteiger partial charge is 0.452 e. The van der Waals surface area contributed by atoms with Gasteiger partial charge in [0.2, 0.25) is 0 Å². The van der Waals surface area contributed by atoms with Gasteiger partial charge in [0, 0.05) is 16.3 Å². The van der Waals surface area contributed by atoms with Crippen LogP contribution in [0.4, 0.5) is 5.69 Å². The number of hydrogen-bond donors (Lipinski definition) is 1. The molecule has 0 aliphatic heterocycles. The van der Waals surface area contributed by atoms with Crippen LogP contribution in [0.1, 0.15) is 22.9 Å². The van der Waals surface area contributed by atoms with Crippen molar-refractivity contribution in [3.05, 3.63) is 50.7 Å². The number of carbonyl (C=O) groups excluding carboxylic acids is 2. The van der Waals surface area contributed by atoms with Crippen molar-refractivity contribution in [1.29, 1.82) is 0 Å². The molecule has 2 rings (SSSR count). The van der Waals surface area contributed by atoms with Gasteiger partial charge in [-0.05, 0) is 44.0 Å². The van der Waals surface area contributed by atoms with Gasteiger partial charge in [0.25, 0.3) is 5.91 Å². The smallest absolute Gasteiger partial charge is 0.316 e. The van der Waals surface area contributed by atoms with Gasteiger partial charge < -0.3 is 10.1 Å². The lowest BCUT2D eigenvalue weighted by molar-refractivity contribution is -0.150. The number of nitrogens with one attached hydrogen (secondary N) is 1. The zero-order valence-electron chi connectivity index (χ0n) is 14.3. The van der Waals surface area contributed by atoms with Crippen LogP contribution in [0.15, 0.2) is 30.3 Å². The molecule has 25 heavy (non-hydrogen) atoms. The molecule has 7 heteroatoms. The number of rotatable bonds is 7. The van der Waals surface area contributed by atoms with Crippen molar-refractivity contribution >= 4 is 52.3 Å². The molecule has 1 heterocycles. The van der Waals surface area contributed by atoms with Crippen LogP contribution in [-0.2, 0) is 20.1 Å². The number of aryl methyl sites for hydroxylation is 2. The Morgan fingerprint density at radius 1 is 1.24 bits per heavy atom. The summed E-state index contributed by atoms with van der Waals surface area (Å²) in [7, 11) is 0. The van der Waals surface area contributed by atoms with Crippen molar-refractivity contribution in [3.8, 4) is 0 Å². The zero-order valence-corrected chi connectivity index (χ0v) is 16.7. The number of para-hydroxylation sites is 1. The number of amides is 1. The lowest BCUT2D eigenvalue weighted by atomic mass is 10.1. The standard InChI is InChI=1S/C18H20ClNO3S2/c1-11-5-4-6-12(2)17(11)20-18(22)13(3)23-16(21)10-24-9-14-7-8-15(19)25-14/h4-8,13H,9-10H2,1-3H3,(H,20,22)/t13-/m0/s1. The number of thioether (sulfide) groups is 1. The summed E-state index contributed by atoms with van der Waals surface area (Å²) in [6, 6.07) is 9.55. The molecule has 0 bridgehead atoms. The van der Waals surface area contributed by atoms with Crippen LogP contribution in [0.2, 0.25) is 4.34 Å². The maximum Gasteiger partial charge on any atom is 0.316 e. The molecule has 1 amide bonds. The minimum Gasteiger partial charge on any atom is -0.452 e. The zero-order chi connectivity index (χ0) is 18.4. The summed E-state index contributed by atoms with van der Waals surface area (Å²) in [6.45, 7) is 5.42. The second-order valence-electron chi connectivity index (χ2n) is 5.59. The summed E-state index contributed by atoms with van der Waals surface area (Å²) in [5.74, 6) is 0.143. The number of esters is 1. The monoisotopic (exact) mass is 397 g/mol. The highest BCUT2D eigenvalue weighted by atomic mass is 35.5. The van der Waals surface area contributed by atoms with Crippen LogP contribution >= 0.6 is 34.7 Å². The predicted octanol–water partition coefficient (Wildman–Crippen LogP) is 4.82. The van der Waals surface area contributed by atoms with Gasteiger partial charge in [-0.3, -0.25) is 9.59 Å². The van der Waals surface area contributed by atoms with Crippen molar-refractivity contribution in [1.82, 2.24) is 0 Å². The van der Waals surface area contributed by atoms with Crippen molar-refractivity contribution < 1.29 is 14.3 Å². The number of anilines is 1. The summed E-state index contributed by atoms with van der Waals surface area (Å²) in [6.07, 6.45) is -0.844. The Labute approximate surface area is 160 Å². The molecule has 0 spiro atoms.